The lowest BCUT2D eigenvalue weighted by molar-refractivity contribution is 0.00578. The maximum absolute atomic E-state index is 6.60. The van der Waals surface area contributed by atoms with Gasteiger partial charge in [-0.25, -0.2) is 0 Å². The van der Waals surface area contributed by atoms with Crippen LogP contribution in [0.5, 0.6) is 0 Å². The summed E-state index contributed by atoms with van der Waals surface area (Å²) >= 11 is 3.64. The Morgan fingerprint density at radius 2 is 1.58 bits per heavy atom. The lowest BCUT2D eigenvalue weighted by Crippen LogP contribution is -2.49. The van der Waals surface area contributed by atoms with Gasteiger partial charge in [0.2, 0.25) is 0 Å². The van der Waals surface area contributed by atoms with Crippen molar-refractivity contribution in [1.29, 1.82) is 0 Å². The van der Waals surface area contributed by atoms with Crippen LogP contribution in [0.15, 0.2) is 28.7 Å². The molecule has 0 N–H and O–H groups in total. The fourth-order valence-corrected chi connectivity index (χ4v) is 5.74. The van der Waals surface area contributed by atoms with E-state index in [9.17, 15) is 0 Å². The summed E-state index contributed by atoms with van der Waals surface area (Å²) in [7, 11) is -0.0565. The van der Waals surface area contributed by atoms with Crippen LogP contribution in [0.25, 0.3) is 0 Å². The van der Waals surface area contributed by atoms with Gasteiger partial charge in [0.25, 0.3) is 0 Å². The molecule has 2 aliphatic carbocycles. The zero-order chi connectivity index (χ0) is 18.6. The Labute approximate surface area is 167 Å². The normalized spacial score (nSPS) is 33.9. The lowest BCUT2D eigenvalue weighted by Gasteiger charge is -2.54. The number of hydrogen-bond acceptors (Lipinski definition) is 2. The van der Waals surface area contributed by atoms with Gasteiger partial charge in [-0.2, -0.15) is 0 Å². The van der Waals surface area contributed by atoms with Crippen molar-refractivity contribution in [2.75, 3.05) is 0 Å². The second kappa shape index (κ2) is 6.63. The molecule has 4 heteroatoms. The third kappa shape index (κ3) is 3.10. The van der Waals surface area contributed by atoms with Crippen molar-refractivity contribution in [3.8, 4) is 0 Å². The molecule has 0 bridgehead atoms. The summed E-state index contributed by atoms with van der Waals surface area (Å²) in [6.07, 6.45) is 9.21. The van der Waals surface area contributed by atoms with Crippen LogP contribution in [0, 0.1) is 5.92 Å². The predicted octanol–water partition coefficient (Wildman–Crippen LogP) is 6.74. The largest absolute Gasteiger partial charge is 0.464 e. The molecule has 2 nitrogen and oxygen atoms in total. The summed E-state index contributed by atoms with van der Waals surface area (Å²) in [6.45, 7) is 8.75. The van der Waals surface area contributed by atoms with Crippen molar-refractivity contribution in [2.45, 2.75) is 95.1 Å². The molecule has 3 aliphatic rings. The van der Waals surface area contributed by atoms with Crippen LogP contribution in [0.4, 0.5) is 0 Å². The van der Waals surface area contributed by atoms with Gasteiger partial charge in [0.05, 0.1) is 11.2 Å². The number of rotatable bonds is 3. The molecule has 4 rings (SSSR count). The van der Waals surface area contributed by atoms with E-state index >= 15 is 0 Å². The van der Waals surface area contributed by atoms with Crippen LogP contribution in [0.1, 0.15) is 84.1 Å². The summed E-state index contributed by atoms with van der Waals surface area (Å²) in [6, 6.07) is 8.85. The van der Waals surface area contributed by atoms with Crippen molar-refractivity contribution in [3.63, 3.8) is 0 Å². The zero-order valence-electron chi connectivity index (χ0n) is 16.7. The average molecular weight is 419 g/mol. The predicted molar refractivity (Wildman–Crippen MR) is 111 cm³/mol. The highest BCUT2D eigenvalue weighted by molar-refractivity contribution is 9.10. The van der Waals surface area contributed by atoms with Crippen LogP contribution in [-0.4, -0.2) is 18.3 Å². The van der Waals surface area contributed by atoms with Crippen molar-refractivity contribution in [2.24, 2.45) is 5.92 Å². The lowest BCUT2D eigenvalue weighted by atomic mass is 9.37. The molecule has 0 radical (unpaired) electrons. The number of halogens is 1. The molecular weight excluding hydrogens is 387 g/mol. The first-order chi connectivity index (χ1) is 12.2. The Balaban J connectivity index is 1.59. The van der Waals surface area contributed by atoms with E-state index in [0.29, 0.717) is 5.92 Å². The quantitative estimate of drug-likeness (QED) is 0.506. The molecule has 1 heterocycles. The van der Waals surface area contributed by atoms with Crippen LogP contribution in [-0.2, 0) is 9.31 Å². The maximum atomic E-state index is 6.60. The standard InChI is InChI=1S/C22H32BBrO2/c1-20(2)21(3,4)26-23(25-20)22(18-10-6-5-7-11-18)14-17(15-22)16-9-8-12-19(24)13-16/h8-9,12-13,17-18H,5-7,10-11,14-15H2,1-4H3. The second-order valence-corrected chi connectivity index (χ2v) is 10.7. The van der Waals surface area contributed by atoms with E-state index in [0.717, 1.165) is 5.92 Å². The summed E-state index contributed by atoms with van der Waals surface area (Å²) in [5, 5.41) is 0.193. The van der Waals surface area contributed by atoms with E-state index in [-0.39, 0.29) is 23.6 Å². The fourth-order valence-electron chi connectivity index (χ4n) is 5.33. The molecule has 0 aromatic heterocycles. The first kappa shape index (κ1) is 19.0. The first-order valence-corrected chi connectivity index (χ1v) is 11.1. The third-order valence-corrected chi connectivity index (χ3v) is 8.21. The summed E-state index contributed by atoms with van der Waals surface area (Å²) in [5.41, 5.74) is 0.989. The van der Waals surface area contributed by atoms with E-state index in [1.165, 1.54) is 55.0 Å². The van der Waals surface area contributed by atoms with Gasteiger partial charge in [0.15, 0.2) is 0 Å². The van der Waals surface area contributed by atoms with Gasteiger partial charge in [-0.1, -0.05) is 60.2 Å². The maximum Gasteiger partial charge on any atom is 0.464 e. The highest BCUT2D eigenvalue weighted by atomic mass is 79.9. The van der Waals surface area contributed by atoms with Gasteiger partial charge >= 0.3 is 7.12 Å². The molecule has 2 saturated carbocycles. The molecule has 0 spiro atoms. The molecule has 3 fully saturated rings. The highest BCUT2D eigenvalue weighted by Crippen LogP contribution is 2.67. The zero-order valence-corrected chi connectivity index (χ0v) is 18.3. The summed E-state index contributed by atoms with van der Waals surface area (Å²) < 4.78 is 14.4. The van der Waals surface area contributed by atoms with Gasteiger partial charge in [-0.15, -0.1) is 0 Å². The molecule has 1 saturated heterocycles. The minimum Gasteiger partial charge on any atom is -0.403 e. The first-order valence-electron chi connectivity index (χ1n) is 10.3. The molecule has 1 aromatic carbocycles. The molecule has 0 amide bonds. The minimum atomic E-state index is -0.236. The Hall–Kier alpha value is -0.315. The van der Waals surface area contributed by atoms with E-state index in [1.807, 2.05) is 0 Å². The highest BCUT2D eigenvalue weighted by Gasteiger charge is 2.65. The molecule has 142 valence electrons. The second-order valence-electron chi connectivity index (χ2n) is 9.82. The van der Waals surface area contributed by atoms with Gasteiger partial charge < -0.3 is 9.31 Å². The number of benzene rings is 1. The molecule has 0 atom stereocenters. The number of hydrogen-bond donors (Lipinski definition) is 0. The molecule has 0 unspecified atom stereocenters. The van der Waals surface area contributed by atoms with E-state index in [2.05, 4.69) is 67.9 Å². The molecular formula is C22H32BBrO2. The fraction of sp³-hybridized carbons (Fsp3) is 0.727. The Morgan fingerprint density at radius 3 is 2.15 bits per heavy atom. The van der Waals surface area contributed by atoms with Crippen LogP contribution in [0.2, 0.25) is 5.31 Å². The van der Waals surface area contributed by atoms with Gasteiger partial charge in [-0.3, -0.25) is 0 Å². The smallest absolute Gasteiger partial charge is 0.403 e. The van der Waals surface area contributed by atoms with Crippen molar-refractivity contribution in [1.82, 2.24) is 0 Å². The minimum absolute atomic E-state index is 0.0565. The van der Waals surface area contributed by atoms with Crippen molar-refractivity contribution < 1.29 is 9.31 Å². The van der Waals surface area contributed by atoms with E-state index < -0.39 is 0 Å². The Morgan fingerprint density at radius 1 is 0.962 bits per heavy atom. The SMILES string of the molecule is CC1(C)OB(C2(C3CCCCC3)CC(c3cccc(Br)c3)C2)OC1(C)C. The Bertz CT molecular complexity index is 644. The topological polar surface area (TPSA) is 18.5 Å². The van der Waals surface area contributed by atoms with Gasteiger partial charge in [0.1, 0.15) is 0 Å². The molecule has 1 aliphatic heterocycles. The van der Waals surface area contributed by atoms with Crippen LogP contribution in [0.3, 0.4) is 0 Å². The monoisotopic (exact) mass is 418 g/mol. The third-order valence-electron chi connectivity index (χ3n) is 7.71. The van der Waals surface area contributed by atoms with Crippen molar-refractivity contribution >= 4 is 23.0 Å². The Kier molecular flexibility index (Phi) is 4.85. The molecule has 26 heavy (non-hydrogen) atoms. The van der Waals surface area contributed by atoms with Gasteiger partial charge in [-0.05, 0) is 70.1 Å². The van der Waals surface area contributed by atoms with Gasteiger partial charge in [0, 0.05) is 9.79 Å². The van der Waals surface area contributed by atoms with Crippen LogP contribution < -0.4 is 0 Å². The average Bonchev–Trinajstić information content (AvgIpc) is 2.76. The van der Waals surface area contributed by atoms with E-state index in [4.69, 9.17) is 9.31 Å². The molecule has 1 aromatic rings. The van der Waals surface area contributed by atoms with E-state index in [1.54, 1.807) is 0 Å². The van der Waals surface area contributed by atoms with Crippen LogP contribution >= 0.6 is 15.9 Å². The van der Waals surface area contributed by atoms with Crippen molar-refractivity contribution in [3.05, 3.63) is 34.3 Å². The summed E-state index contributed by atoms with van der Waals surface area (Å²) in [5.74, 6) is 1.38. The summed E-state index contributed by atoms with van der Waals surface area (Å²) in [4.78, 5) is 0.